The Labute approximate surface area is 550 Å². The number of likely N-dealkylation sites (N-methyl/N-ethyl adjacent to an activating group) is 1. The number of anilines is 1. The first kappa shape index (κ1) is 64.4. The number of carbonyl (C=O) groups is 6. The number of ether oxygens (including phenoxy) is 1. The topological polar surface area (TPSA) is 242 Å². The number of unbranched alkanes of at least 4 members (excludes halogenated alkanes) is 1. The quantitative estimate of drug-likeness (QED) is 0.0448. The number of urea groups is 1. The van der Waals surface area contributed by atoms with Crippen LogP contribution in [0.5, 0.6) is 0 Å². The summed E-state index contributed by atoms with van der Waals surface area (Å²) in [5, 5.41) is 17.3. The van der Waals surface area contributed by atoms with Gasteiger partial charge in [-0.15, -0.1) is 22.7 Å². The number of carboxylic acids is 1. The summed E-state index contributed by atoms with van der Waals surface area (Å²) < 4.78 is 6.08. The highest BCUT2D eigenvalue weighted by molar-refractivity contribution is 7.18. The van der Waals surface area contributed by atoms with Gasteiger partial charge in [-0.2, -0.15) is 0 Å². The second kappa shape index (κ2) is 28.6. The number of piperidine rings is 1. The predicted molar refractivity (Wildman–Crippen MR) is 362 cm³/mol. The number of nitrogens with one attached hydrogen (secondary N) is 4. The number of alkyl carbamates (subject to hydrolysis) is 1. The number of aromatic nitrogens is 5. The highest BCUT2D eigenvalue weighted by atomic mass is 32.1. The third-order valence-electron chi connectivity index (χ3n) is 19.1. The predicted octanol–water partition coefficient (Wildman–Crippen LogP) is 13.0. The molecule has 3 saturated heterocycles. The van der Waals surface area contributed by atoms with Crippen LogP contribution in [0.15, 0.2) is 116 Å². The van der Waals surface area contributed by atoms with Crippen molar-refractivity contribution in [1.82, 2.24) is 55.2 Å². The first-order chi connectivity index (χ1) is 45.1. The number of rotatable bonds is 20. The maximum Gasteiger partial charge on any atom is 0.407 e. The van der Waals surface area contributed by atoms with E-state index in [0.29, 0.717) is 88.7 Å². The molecule has 4 aromatic heterocycles. The number of hydrogen-bond donors (Lipinski definition) is 5. The summed E-state index contributed by atoms with van der Waals surface area (Å²) in [6.45, 7) is 6.51. The molecular formula is C71H82N12O8S2. The molecular weight excluding hydrogens is 1210 g/mol. The Morgan fingerprint density at radius 3 is 1.89 bits per heavy atom. The Hall–Kier alpha value is -8.73. The van der Waals surface area contributed by atoms with Gasteiger partial charge in [0.1, 0.15) is 28.6 Å². The number of benzene rings is 4. The van der Waals surface area contributed by atoms with Gasteiger partial charge in [0, 0.05) is 49.6 Å². The van der Waals surface area contributed by atoms with E-state index >= 15 is 0 Å². The zero-order chi connectivity index (χ0) is 64.9. The summed E-state index contributed by atoms with van der Waals surface area (Å²) >= 11 is 2.84. The maximum atomic E-state index is 14.6. The van der Waals surface area contributed by atoms with E-state index in [2.05, 4.69) is 82.1 Å². The highest BCUT2D eigenvalue weighted by Crippen LogP contribution is 2.43. The van der Waals surface area contributed by atoms with E-state index in [4.69, 9.17) is 19.7 Å². The van der Waals surface area contributed by atoms with E-state index in [1.54, 1.807) is 32.2 Å². The number of fused-ring (bicyclic) bond motifs is 1. The van der Waals surface area contributed by atoms with Gasteiger partial charge in [0.05, 0.1) is 63.9 Å². The van der Waals surface area contributed by atoms with Gasteiger partial charge in [0.15, 0.2) is 0 Å². The number of imidazole rings is 2. The second-order valence-corrected chi connectivity index (χ2v) is 27.8. The summed E-state index contributed by atoms with van der Waals surface area (Å²) in [5.41, 5.74) is 8.89. The minimum absolute atomic E-state index is 0.0326. The van der Waals surface area contributed by atoms with Crippen LogP contribution in [0.4, 0.5) is 15.3 Å². The fourth-order valence-electron chi connectivity index (χ4n) is 14.1. The molecule has 93 heavy (non-hydrogen) atoms. The molecule has 1 unspecified atom stereocenters. The standard InChI is InChI=1S/C71H82N12O8S2/c1-43-18-20-50(21-19-43)66(84)83(59-40-61(93-63(59)69(87)88)49-13-7-6-8-14-49)52-32-37-80(38-33-52)70(89)72-34-10-9-15-53(78-71(90)91-5)67(85)81-35-11-16-57(81)64-73-41-55(76-64)47-26-22-45(23-27-47)46-24-28-48(29-25-46)56-42-74-65(77-56)58-17-12-36-82(58)68(86)62(79(3)4)51-30-31-60-54(39-51)75-44(2)92-60/h6-8,13-14,22-31,39-43,50,52-53,57-58,62H,9-12,15-21,32-38H2,1-5H3,(H,72,89)(H,73,76)(H,74,77)(H,78,90)(H,87,88)/t43?,50?,53-,57-,58-,62?/m0/s1. The fraction of sp³-hybridized carbons (Fsp3) is 0.423. The molecule has 0 bridgehead atoms. The van der Waals surface area contributed by atoms with Gasteiger partial charge in [0.2, 0.25) is 17.7 Å². The zero-order valence-electron chi connectivity index (χ0n) is 53.4. The van der Waals surface area contributed by atoms with E-state index in [-0.39, 0.29) is 52.7 Å². The second-order valence-electron chi connectivity index (χ2n) is 25.5. The Morgan fingerprint density at radius 1 is 0.699 bits per heavy atom. The number of nitrogens with zero attached hydrogens (tertiary/aromatic N) is 8. The van der Waals surface area contributed by atoms with Crippen molar-refractivity contribution >= 4 is 74.4 Å². The number of carboxylic acid groups (broad SMARTS) is 1. The lowest BCUT2D eigenvalue weighted by atomic mass is 9.82. The minimum Gasteiger partial charge on any atom is -0.477 e. The SMILES string of the molecule is COC(=O)N[C@@H](CCCCNC(=O)N1CCC(N(C(=O)C2CCC(C)CC2)c2cc(-c3ccccc3)sc2C(=O)O)CC1)C(=O)N1CCC[C@H]1c1ncc(-c2ccc(-c3ccc(-c4cnc([C@@H]5CCCN5C(=O)C(c5ccc6sc(C)nc6c5)N(C)C)[nH]4)cc3)cc2)[nH]1. The molecule has 20 nitrogen and oxygen atoms in total. The molecule has 4 aliphatic rings. The molecule has 486 valence electrons. The normalized spacial score (nSPS) is 19.2. The number of H-pyrrole nitrogens is 2. The van der Waals surface area contributed by atoms with Crippen LogP contribution in [-0.2, 0) is 19.1 Å². The first-order valence-electron chi connectivity index (χ1n) is 32.7. The zero-order valence-corrected chi connectivity index (χ0v) is 55.1. The molecule has 0 spiro atoms. The summed E-state index contributed by atoms with van der Waals surface area (Å²) in [6.07, 6.45) is 12.0. The van der Waals surface area contributed by atoms with Crippen LogP contribution in [0.2, 0.25) is 0 Å². The van der Waals surface area contributed by atoms with Crippen molar-refractivity contribution in [1.29, 1.82) is 0 Å². The third-order valence-corrected chi connectivity index (χ3v) is 21.2. The molecule has 6 amide bonds. The van der Waals surface area contributed by atoms with Crippen LogP contribution < -0.4 is 15.5 Å². The smallest absolute Gasteiger partial charge is 0.407 e. The lowest BCUT2D eigenvalue weighted by molar-refractivity contribution is -0.137. The van der Waals surface area contributed by atoms with E-state index < -0.39 is 24.1 Å². The van der Waals surface area contributed by atoms with Gasteiger partial charge in [-0.1, -0.05) is 91.9 Å². The molecule has 4 aromatic carbocycles. The molecule has 7 heterocycles. The molecule has 4 atom stereocenters. The number of aromatic carboxylic acids is 1. The molecule has 1 saturated carbocycles. The van der Waals surface area contributed by atoms with Crippen molar-refractivity contribution in [3.05, 3.63) is 143 Å². The molecule has 1 aliphatic carbocycles. The van der Waals surface area contributed by atoms with Crippen LogP contribution in [0.1, 0.15) is 140 Å². The summed E-state index contributed by atoms with van der Waals surface area (Å²) in [5.74, 6) is 0.526. The van der Waals surface area contributed by atoms with E-state index in [9.17, 15) is 33.9 Å². The van der Waals surface area contributed by atoms with Crippen molar-refractivity contribution in [2.75, 3.05) is 58.8 Å². The Bertz CT molecular complexity index is 3960. The van der Waals surface area contributed by atoms with Crippen molar-refractivity contribution in [2.24, 2.45) is 11.8 Å². The van der Waals surface area contributed by atoms with Gasteiger partial charge in [0.25, 0.3) is 0 Å². The Kier molecular flexibility index (Phi) is 19.8. The number of aryl methyl sites for hydroxylation is 1. The van der Waals surface area contributed by atoms with Crippen LogP contribution in [0.25, 0.3) is 54.3 Å². The average Bonchev–Trinajstić information content (AvgIpc) is 1.83. The molecule has 8 aromatic rings. The minimum atomic E-state index is -1.07. The lowest BCUT2D eigenvalue weighted by Crippen LogP contribution is -2.52. The van der Waals surface area contributed by atoms with Crippen molar-refractivity contribution < 1.29 is 38.6 Å². The number of amides is 6. The van der Waals surface area contributed by atoms with E-state index in [0.717, 1.165) is 116 Å². The highest BCUT2D eigenvalue weighted by Gasteiger charge is 2.41. The van der Waals surface area contributed by atoms with Gasteiger partial charge < -0.3 is 50.0 Å². The number of hydrogen-bond acceptors (Lipinski definition) is 13. The Balaban J connectivity index is 0.626. The van der Waals surface area contributed by atoms with Gasteiger partial charge in [-0.05, 0) is 162 Å². The van der Waals surface area contributed by atoms with Crippen LogP contribution in [0.3, 0.4) is 0 Å². The third kappa shape index (κ3) is 14.3. The first-order valence-corrected chi connectivity index (χ1v) is 34.3. The van der Waals surface area contributed by atoms with Crippen LogP contribution >= 0.6 is 22.7 Å². The van der Waals surface area contributed by atoms with Gasteiger partial charge in [-0.3, -0.25) is 19.3 Å². The molecule has 12 rings (SSSR count). The Morgan fingerprint density at radius 2 is 1.30 bits per heavy atom. The molecule has 5 N–H and O–H groups in total. The van der Waals surface area contributed by atoms with Crippen molar-refractivity contribution in [3.63, 3.8) is 0 Å². The molecule has 22 heteroatoms. The number of likely N-dealkylation sites (tertiary alicyclic amines) is 3. The number of thiophene rings is 1. The molecule has 3 aliphatic heterocycles. The molecule has 0 radical (unpaired) electrons. The summed E-state index contributed by atoms with van der Waals surface area (Å²) in [4.78, 5) is 114. The lowest BCUT2D eigenvalue weighted by Gasteiger charge is -2.40. The van der Waals surface area contributed by atoms with Crippen molar-refractivity contribution in [2.45, 2.75) is 128 Å². The number of aromatic amines is 2. The van der Waals surface area contributed by atoms with E-state index in [1.807, 2.05) is 85.5 Å². The van der Waals surface area contributed by atoms with Gasteiger partial charge in [-0.25, -0.2) is 29.3 Å². The number of methoxy groups -OCH3 is 1. The molecule has 4 fully saturated rings. The van der Waals surface area contributed by atoms with E-state index in [1.165, 1.54) is 18.4 Å². The largest absolute Gasteiger partial charge is 0.477 e. The van der Waals surface area contributed by atoms with Crippen LogP contribution in [-0.4, -0.2) is 151 Å². The maximum absolute atomic E-state index is 14.6. The average molecular weight is 1300 g/mol. The van der Waals surface area contributed by atoms with Crippen LogP contribution in [0, 0.1) is 18.8 Å². The number of carbonyl (C=O) groups excluding carboxylic acids is 5. The number of thiazole rings is 1. The van der Waals surface area contributed by atoms with Gasteiger partial charge >= 0.3 is 18.1 Å². The fourth-order valence-corrected chi connectivity index (χ4v) is 15.9. The van der Waals surface area contributed by atoms with Crippen molar-refractivity contribution in [3.8, 4) is 44.1 Å². The summed E-state index contributed by atoms with van der Waals surface area (Å²) in [7, 11) is 5.17. The summed E-state index contributed by atoms with van der Waals surface area (Å²) in [6, 6.07) is 32.0. The monoisotopic (exact) mass is 1290 g/mol.